The van der Waals surface area contributed by atoms with Crippen LogP contribution in [0, 0.1) is 5.82 Å². The van der Waals surface area contributed by atoms with Crippen molar-refractivity contribution in [2.45, 2.75) is 13.1 Å². The van der Waals surface area contributed by atoms with E-state index in [1.54, 1.807) is 35.4 Å². The molecule has 0 radical (unpaired) electrons. The van der Waals surface area contributed by atoms with Crippen LogP contribution < -0.4 is 10.6 Å². The number of imidazole rings is 1. The van der Waals surface area contributed by atoms with E-state index >= 15 is 0 Å². The Bertz CT molecular complexity index is 785. The van der Waals surface area contributed by atoms with Gasteiger partial charge in [-0.3, -0.25) is 4.57 Å². The van der Waals surface area contributed by atoms with Gasteiger partial charge in [-0.05, 0) is 29.3 Å². The molecule has 0 bridgehead atoms. The van der Waals surface area contributed by atoms with Gasteiger partial charge >= 0.3 is 6.03 Å². The second-order valence-electron chi connectivity index (χ2n) is 5.16. The highest BCUT2D eigenvalue weighted by molar-refractivity contribution is 5.73. The summed E-state index contributed by atoms with van der Waals surface area (Å²) in [7, 11) is 0. The molecule has 0 aliphatic carbocycles. The third kappa shape index (κ3) is 4.16. The summed E-state index contributed by atoms with van der Waals surface area (Å²) in [6, 6.07) is 9.45. The molecule has 3 aromatic rings. The van der Waals surface area contributed by atoms with E-state index in [-0.39, 0.29) is 11.8 Å². The van der Waals surface area contributed by atoms with Crippen LogP contribution in [0.1, 0.15) is 11.1 Å². The molecule has 6 nitrogen and oxygen atoms in total. The number of pyridine rings is 1. The summed E-state index contributed by atoms with van der Waals surface area (Å²) in [5, 5.41) is 5.47. The Kier molecular flexibility index (Phi) is 4.81. The van der Waals surface area contributed by atoms with Crippen LogP contribution in [0.15, 0.2) is 61.3 Å². The minimum Gasteiger partial charge on any atom is -0.334 e. The molecule has 2 amide bonds. The molecule has 0 spiro atoms. The minimum absolute atomic E-state index is 0.294. The van der Waals surface area contributed by atoms with Gasteiger partial charge < -0.3 is 10.6 Å². The van der Waals surface area contributed by atoms with Crippen LogP contribution in [0.25, 0.3) is 5.82 Å². The number of amides is 2. The van der Waals surface area contributed by atoms with Crippen LogP contribution in [0.2, 0.25) is 0 Å². The first-order chi connectivity index (χ1) is 11.7. The van der Waals surface area contributed by atoms with E-state index in [0.29, 0.717) is 13.1 Å². The number of aromatic nitrogens is 3. The number of carbonyl (C=O) groups excluding carboxylic acids is 1. The van der Waals surface area contributed by atoms with Crippen molar-refractivity contribution in [3.05, 3.63) is 78.3 Å². The summed E-state index contributed by atoms with van der Waals surface area (Å²) in [6.07, 6.45) is 6.87. The van der Waals surface area contributed by atoms with Crippen molar-refractivity contribution in [2.24, 2.45) is 0 Å². The summed E-state index contributed by atoms with van der Waals surface area (Å²) in [5.41, 5.74) is 1.72. The van der Waals surface area contributed by atoms with Crippen LogP contribution >= 0.6 is 0 Å². The van der Waals surface area contributed by atoms with Crippen molar-refractivity contribution in [3.8, 4) is 5.82 Å². The lowest BCUT2D eigenvalue weighted by Crippen LogP contribution is -2.34. The number of urea groups is 1. The molecule has 0 atom stereocenters. The Labute approximate surface area is 138 Å². The van der Waals surface area contributed by atoms with E-state index in [1.165, 1.54) is 12.1 Å². The quantitative estimate of drug-likeness (QED) is 0.757. The number of nitrogens with one attached hydrogen (secondary N) is 2. The standard InChI is InChI=1S/C17H16FN5O/c18-15-4-1-13(2-5-15)9-21-17(24)22-11-14-3-6-16(20-10-14)23-8-7-19-12-23/h1-8,10,12H,9,11H2,(H2,21,22,24). The lowest BCUT2D eigenvalue weighted by molar-refractivity contribution is 0.240. The SMILES string of the molecule is O=C(NCc1ccc(F)cc1)NCc1ccc(-n2ccnc2)nc1. The van der Waals surface area contributed by atoms with Crippen molar-refractivity contribution < 1.29 is 9.18 Å². The number of rotatable bonds is 5. The van der Waals surface area contributed by atoms with Crippen molar-refractivity contribution in [1.82, 2.24) is 25.2 Å². The zero-order valence-corrected chi connectivity index (χ0v) is 12.8. The summed E-state index contributed by atoms with van der Waals surface area (Å²) in [4.78, 5) is 20.1. The zero-order chi connectivity index (χ0) is 16.8. The first-order valence-corrected chi connectivity index (χ1v) is 7.40. The van der Waals surface area contributed by atoms with E-state index in [9.17, 15) is 9.18 Å². The first kappa shape index (κ1) is 15.7. The highest BCUT2D eigenvalue weighted by Crippen LogP contribution is 2.05. The van der Waals surface area contributed by atoms with Gasteiger partial charge in [-0.25, -0.2) is 19.2 Å². The molecule has 3 rings (SSSR count). The number of nitrogens with zero attached hydrogens (tertiary/aromatic N) is 3. The topological polar surface area (TPSA) is 71.8 Å². The van der Waals surface area contributed by atoms with E-state index < -0.39 is 0 Å². The number of halogens is 1. The Morgan fingerprint density at radius 3 is 2.38 bits per heavy atom. The van der Waals surface area contributed by atoms with Crippen LogP contribution in [-0.4, -0.2) is 20.6 Å². The molecular weight excluding hydrogens is 309 g/mol. The Morgan fingerprint density at radius 1 is 1.04 bits per heavy atom. The van der Waals surface area contributed by atoms with Gasteiger partial charge in [0.15, 0.2) is 0 Å². The average Bonchev–Trinajstić information content (AvgIpc) is 3.14. The second kappa shape index (κ2) is 7.36. The van der Waals surface area contributed by atoms with Gasteiger partial charge in [0.05, 0.1) is 0 Å². The fraction of sp³-hybridized carbons (Fsp3) is 0.118. The van der Waals surface area contributed by atoms with Gasteiger partial charge in [0.25, 0.3) is 0 Å². The predicted molar refractivity (Wildman–Crippen MR) is 86.8 cm³/mol. The summed E-state index contributed by atoms with van der Waals surface area (Å²) in [6.45, 7) is 0.705. The highest BCUT2D eigenvalue weighted by Gasteiger charge is 2.02. The maximum absolute atomic E-state index is 12.8. The molecule has 2 N–H and O–H groups in total. The van der Waals surface area contributed by atoms with Gasteiger partial charge in [-0.2, -0.15) is 0 Å². The Morgan fingerprint density at radius 2 is 1.75 bits per heavy atom. The van der Waals surface area contributed by atoms with Gasteiger partial charge in [-0.1, -0.05) is 18.2 Å². The zero-order valence-electron chi connectivity index (χ0n) is 12.8. The summed E-state index contributed by atoms with van der Waals surface area (Å²) >= 11 is 0. The van der Waals surface area contributed by atoms with E-state index in [2.05, 4.69) is 20.6 Å². The van der Waals surface area contributed by atoms with Gasteiger partial charge in [-0.15, -0.1) is 0 Å². The molecule has 1 aromatic carbocycles. The molecule has 2 aromatic heterocycles. The second-order valence-corrected chi connectivity index (χ2v) is 5.16. The third-order valence-electron chi connectivity index (χ3n) is 3.40. The maximum Gasteiger partial charge on any atom is 0.315 e. The minimum atomic E-state index is -0.296. The van der Waals surface area contributed by atoms with Crippen LogP contribution in [0.5, 0.6) is 0 Å². The molecule has 0 saturated heterocycles. The largest absolute Gasteiger partial charge is 0.334 e. The normalized spacial score (nSPS) is 10.4. The van der Waals surface area contributed by atoms with Crippen LogP contribution in [-0.2, 0) is 13.1 Å². The molecule has 0 saturated carbocycles. The molecule has 0 fully saturated rings. The van der Waals surface area contributed by atoms with Crippen LogP contribution in [0.4, 0.5) is 9.18 Å². The van der Waals surface area contributed by atoms with Gasteiger partial charge in [0.2, 0.25) is 0 Å². The van der Waals surface area contributed by atoms with Crippen molar-refractivity contribution in [1.29, 1.82) is 0 Å². The lowest BCUT2D eigenvalue weighted by Gasteiger charge is -2.08. The van der Waals surface area contributed by atoms with Crippen molar-refractivity contribution in [3.63, 3.8) is 0 Å². The fourth-order valence-corrected chi connectivity index (χ4v) is 2.10. The van der Waals surface area contributed by atoms with Gasteiger partial charge in [0.1, 0.15) is 18.0 Å². The number of hydrogen-bond donors (Lipinski definition) is 2. The molecular formula is C17H16FN5O. The summed E-state index contributed by atoms with van der Waals surface area (Å²) < 4.78 is 14.6. The molecule has 2 heterocycles. The predicted octanol–water partition coefficient (Wildman–Crippen LogP) is 2.41. The maximum atomic E-state index is 12.8. The smallest absolute Gasteiger partial charge is 0.315 e. The highest BCUT2D eigenvalue weighted by atomic mass is 19.1. The van der Waals surface area contributed by atoms with E-state index in [1.807, 2.05) is 18.3 Å². The molecule has 0 unspecified atom stereocenters. The Balaban J connectivity index is 1.46. The Hall–Kier alpha value is -3.22. The molecule has 7 heteroatoms. The van der Waals surface area contributed by atoms with Gasteiger partial charge in [0, 0.05) is 31.7 Å². The van der Waals surface area contributed by atoms with E-state index in [4.69, 9.17) is 0 Å². The van der Waals surface area contributed by atoms with Crippen molar-refractivity contribution in [2.75, 3.05) is 0 Å². The lowest BCUT2D eigenvalue weighted by atomic mass is 10.2. The van der Waals surface area contributed by atoms with Crippen LogP contribution in [0.3, 0.4) is 0 Å². The summed E-state index contributed by atoms with van der Waals surface area (Å²) in [5.74, 6) is 0.465. The number of benzene rings is 1. The monoisotopic (exact) mass is 325 g/mol. The molecule has 0 aliphatic rings. The molecule has 0 aliphatic heterocycles. The van der Waals surface area contributed by atoms with E-state index in [0.717, 1.165) is 16.9 Å². The third-order valence-corrected chi connectivity index (χ3v) is 3.40. The first-order valence-electron chi connectivity index (χ1n) is 7.40. The molecule has 122 valence electrons. The molecule has 24 heavy (non-hydrogen) atoms. The number of carbonyl (C=O) groups is 1. The fourth-order valence-electron chi connectivity index (χ4n) is 2.10. The average molecular weight is 325 g/mol. The number of hydrogen-bond acceptors (Lipinski definition) is 3. The van der Waals surface area contributed by atoms with Crippen molar-refractivity contribution >= 4 is 6.03 Å².